The summed E-state index contributed by atoms with van der Waals surface area (Å²) in [7, 11) is -3.52. The number of thiophene rings is 1. The van der Waals surface area contributed by atoms with Gasteiger partial charge in [0.1, 0.15) is 0 Å². The normalized spacial score (nSPS) is 19.1. The highest BCUT2D eigenvalue weighted by atomic mass is 32.2. The first-order valence-corrected chi connectivity index (χ1v) is 11.8. The second-order valence-electron chi connectivity index (χ2n) is 7.42. The third-order valence-electron chi connectivity index (χ3n) is 5.52. The van der Waals surface area contributed by atoms with E-state index in [4.69, 9.17) is 0 Å². The van der Waals surface area contributed by atoms with Crippen molar-refractivity contribution < 1.29 is 13.2 Å². The van der Waals surface area contributed by atoms with Crippen molar-refractivity contribution in [1.82, 2.24) is 4.31 Å². The van der Waals surface area contributed by atoms with E-state index in [2.05, 4.69) is 13.0 Å². The van der Waals surface area contributed by atoms with Crippen LogP contribution < -0.4 is 4.90 Å². The van der Waals surface area contributed by atoms with E-state index in [1.807, 2.05) is 18.2 Å². The largest absolute Gasteiger partial charge is 0.307 e. The quantitative estimate of drug-likeness (QED) is 0.783. The van der Waals surface area contributed by atoms with E-state index >= 15 is 0 Å². The molecule has 5 nitrogen and oxygen atoms in total. The van der Waals surface area contributed by atoms with Crippen molar-refractivity contribution in [2.45, 2.75) is 37.5 Å². The number of hydrogen-bond acceptors (Lipinski definition) is 4. The number of aryl methyl sites for hydroxylation is 1. The van der Waals surface area contributed by atoms with Gasteiger partial charge in [0.05, 0.1) is 9.77 Å². The van der Waals surface area contributed by atoms with Gasteiger partial charge in [-0.3, -0.25) is 4.79 Å². The number of anilines is 1. The average Bonchev–Trinajstić information content (AvgIpc) is 3.18. The van der Waals surface area contributed by atoms with Crippen molar-refractivity contribution in [3.63, 3.8) is 0 Å². The predicted octanol–water partition coefficient (Wildman–Crippen LogP) is 3.76. The number of fused-ring (bicyclic) bond motifs is 1. The number of piperidine rings is 1. The molecule has 27 heavy (non-hydrogen) atoms. The third kappa shape index (κ3) is 3.56. The number of rotatable bonds is 3. The summed E-state index contributed by atoms with van der Waals surface area (Å²) in [4.78, 5) is 15.6. The molecule has 0 saturated carbocycles. The Labute approximate surface area is 164 Å². The fraction of sp³-hybridized carbons (Fsp3) is 0.450. The molecule has 1 saturated heterocycles. The molecule has 7 heteroatoms. The van der Waals surface area contributed by atoms with Crippen LogP contribution in [0.3, 0.4) is 0 Å². The minimum absolute atomic E-state index is 0.110. The summed E-state index contributed by atoms with van der Waals surface area (Å²) >= 11 is 1.22. The molecule has 0 aliphatic carbocycles. The van der Waals surface area contributed by atoms with Crippen LogP contribution in [0.15, 0.2) is 40.6 Å². The Hall–Kier alpha value is -1.70. The standard InChI is InChI=1S/C20H24N2O3S2/c1-15-8-11-21(12-9-15)27(24,25)17-13-19(26-14-17)20(23)22-10-4-6-16-5-2-3-7-18(16)22/h2-3,5,7,13-15H,4,6,8-12H2,1H3. The maximum atomic E-state index is 13.0. The highest BCUT2D eigenvalue weighted by molar-refractivity contribution is 7.89. The summed E-state index contributed by atoms with van der Waals surface area (Å²) in [6.45, 7) is 3.94. The van der Waals surface area contributed by atoms with Crippen molar-refractivity contribution in [1.29, 1.82) is 0 Å². The van der Waals surface area contributed by atoms with Crippen molar-refractivity contribution in [3.05, 3.63) is 46.2 Å². The second kappa shape index (κ2) is 7.37. The van der Waals surface area contributed by atoms with Gasteiger partial charge in [0.25, 0.3) is 5.91 Å². The van der Waals surface area contributed by atoms with E-state index in [1.54, 1.807) is 20.7 Å². The van der Waals surface area contributed by atoms with E-state index in [0.29, 0.717) is 30.4 Å². The minimum atomic E-state index is -3.52. The number of hydrogen-bond donors (Lipinski definition) is 0. The molecule has 2 aliphatic rings. The van der Waals surface area contributed by atoms with Crippen LogP contribution in [-0.2, 0) is 16.4 Å². The summed E-state index contributed by atoms with van der Waals surface area (Å²) in [5.74, 6) is 0.455. The van der Waals surface area contributed by atoms with Crippen LogP contribution in [0.5, 0.6) is 0 Å². The number of sulfonamides is 1. The number of para-hydroxylation sites is 1. The summed E-state index contributed by atoms with van der Waals surface area (Å²) in [5, 5.41) is 1.61. The highest BCUT2D eigenvalue weighted by Crippen LogP contribution is 2.31. The van der Waals surface area contributed by atoms with Gasteiger partial charge in [0.15, 0.2) is 0 Å². The first kappa shape index (κ1) is 18.7. The molecule has 3 heterocycles. The number of benzene rings is 1. The molecule has 0 atom stereocenters. The molecule has 1 fully saturated rings. The molecular weight excluding hydrogens is 380 g/mol. The topological polar surface area (TPSA) is 57.7 Å². The van der Waals surface area contributed by atoms with E-state index in [-0.39, 0.29) is 10.8 Å². The van der Waals surface area contributed by atoms with Gasteiger partial charge in [0.2, 0.25) is 10.0 Å². The summed E-state index contributed by atoms with van der Waals surface area (Å²) in [6, 6.07) is 9.49. The maximum absolute atomic E-state index is 13.0. The molecule has 144 valence electrons. The van der Waals surface area contributed by atoms with Crippen LogP contribution in [0.1, 0.15) is 41.4 Å². The first-order valence-electron chi connectivity index (χ1n) is 9.45. The van der Waals surface area contributed by atoms with Crippen LogP contribution in [0.2, 0.25) is 0 Å². The Kier molecular flexibility index (Phi) is 5.09. The van der Waals surface area contributed by atoms with Gasteiger partial charge in [-0.2, -0.15) is 4.31 Å². The molecule has 2 aliphatic heterocycles. The molecule has 1 aromatic carbocycles. The highest BCUT2D eigenvalue weighted by Gasteiger charge is 2.31. The Morgan fingerprint density at radius 1 is 1.15 bits per heavy atom. The molecule has 1 amide bonds. The Balaban J connectivity index is 1.57. The second-order valence-corrected chi connectivity index (χ2v) is 10.3. The van der Waals surface area contributed by atoms with E-state index < -0.39 is 10.0 Å². The van der Waals surface area contributed by atoms with Crippen LogP contribution in [0.25, 0.3) is 0 Å². The Bertz CT molecular complexity index is 944. The van der Waals surface area contributed by atoms with Crippen molar-refractivity contribution >= 4 is 33.0 Å². The Morgan fingerprint density at radius 2 is 1.89 bits per heavy atom. The lowest BCUT2D eigenvalue weighted by atomic mass is 10.0. The van der Waals surface area contributed by atoms with Gasteiger partial charge in [-0.1, -0.05) is 25.1 Å². The number of carbonyl (C=O) groups excluding carboxylic acids is 1. The summed E-state index contributed by atoms with van der Waals surface area (Å²) in [6.07, 6.45) is 3.67. The lowest BCUT2D eigenvalue weighted by Gasteiger charge is -2.29. The lowest BCUT2D eigenvalue weighted by molar-refractivity contribution is 0.0989. The first-order chi connectivity index (χ1) is 13.0. The van der Waals surface area contributed by atoms with Crippen molar-refractivity contribution in [3.8, 4) is 0 Å². The molecule has 0 bridgehead atoms. The number of nitrogens with zero attached hydrogens (tertiary/aromatic N) is 2. The molecule has 0 N–H and O–H groups in total. The molecular formula is C20H24N2O3S2. The molecule has 0 spiro atoms. The van der Waals surface area contributed by atoms with Gasteiger partial charge in [0, 0.05) is 30.7 Å². The average molecular weight is 405 g/mol. The van der Waals surface area contributed by atoms with E-state index in [1.165, 1.54) is 16.9 Å². The zero-order valence-corrected chi connectivity index (χ0v) is 17.1. The third-order valence-corrected chi connectivity index (χ3v) is 8.47. The predicted molar refractivity (Wildman–Crippen MR) is 108 cm³/mol. The van der Waals surface area contributed by atoms with Crippen molar-refractivity contribution in [2.75, 3.05) is 24.5 Å². The number of amides is 1. The summed E-state index contributed by atoms with van der Waals surface area (Å²) in [5.41, 5.74) is 2.11. The lowest BCUT2D eigenvalue weighted by Crippen LogP contribution is -2.37. The zero-order chi connectivity index (χ0) is 19.0. The molecule has 2 aromatic rings. The SMILES string of the molecule is CC1CCN(S(=O)(=O)c2csc(C(=O)N3CCCc4ccccc43)c2)CC1. The molecule has 0 unspecified atom stereocenters. The van der Waals surface area contributed by atoms with Crippen LogP contribution >= 0.6 is 11.3 Å². The van der Waals surface area contributed by atoms with Gasteiger partial charge in [-0.05, 0) is 49.3 Å². The van der Waals surface area contributed by atoms with E-state index in [9.17, 15) is 13.2 Å². The summed E-state index contributed by atoms with van der Waals surface area (Å²) < 4.78 is 27.4. The van der Waals surface area contributed by atoms with Gasteiger partial charge < -0.3 is 4.90 Å². The van der Waals surface area contributed by atoms with Crippen LogP contribution in [-0.4, -0.2) is 38.3 Å². The van der Waals surface area contributed by atoms with Gasteiger partial charge >= 0.3 is 0 Å². The smallest absolute Gasteiger partial charge is 0.268 e. The van der Waals surface area contributed by atoms with Crippen molar-refractivity contribution in [2.24, 2.45) is 5.92 Å². The fourth-order valence-electron chi connectivity index (χ4n) is 3.82. The van der Waals surface area contributed by atoms with Crippen LogP contribution in [0, 0.1) is 5.92 Å². The van der Waals surface area contributed by atoms with Gasteiger partial charge in [-0.15, -0.1) is 11.3 Å². The Morgan fingerprint density at radius 3 is 2.67 bits per heavy atom. The minimum Gasteiger partial charge on any atom is -0.307 e. The molecule has 0 radical (unpaired) electrons. The maximum Gasteiger partial charge on any atom is 0.268 e. The zero-order valence-electron chi connectivity index (χ0n) is 15.4. The van der Waals surface area contributed by atoms with E-state index in [0.717, 1.165) is 31.4 Å². The van der Waals surface area contributed by atoms with Gasteiger partial charge in [-0.25, -0.2) is 8.42 Å². The fourth-order valence-corrected chi connectivity index (χ4v) is 6.50. The number of carbonyl (C=O) groups is 1. The van der Waals surface area contributed by atoms with Crippen LogP contribution in [0.4, 0.5) is 5.69 Å². The molecule has 1 aromatic heterocycles. The molecule has 4 rings (SSSR count). The monoisotopic (exact) mass is 404 g/mol.